The van der Waals surface area contributed by atoms with Crippen LogP contribution in [0.15, 0.2) is 0 Å². The fourth-order valence-corrected chi connectivity index (χ4v) is 2.94. The van der Waals surface area contributed by atoms with Crippen LogP contribution in [0.25, 0.3) is 0 Å². The molecular weight excluding hydrogens is 244 g/mol. The maximum absolute atomic E-state index is 11.9. The van der Waals surface area contributed by atoms with Crippen molar-refractivity contribution >= 4 is 23.1 Å². The van der Waals surface area contributed by atoms with Crippen molar-refractivity contribution in [3.8, 4) is 0 Å². The first-order valence-corrected chi connectivity index (χ1v) is 7.63. The zero-order chi connectivity index (χ0) is 13.4. The molecular formula is C14H26N2OS. The number of hydrogen-bond donors (Lipinski definition) is 2. The van der Waals surface area contributed by atoms with E-state index in [0.717, 1.165) is 31.7 Å². The predicted octanol–water partition coefficient (Wildman–Crippen LogP) is 2.78. The number of carbonyl (C=O) groups excluding carboxylic acids is 1. The molecule has 1 rings (SSSR count). The van der Waals surface area contributed by atoms with Crippen LogP contribution in [0.2, 0.25) is 0 Å². The molecule has 104 valence electrons. The summed E-state index contributed by atoms with van der Waals surface area (Å²) in [6.45, 7) is 2.80. The summed E-state index contributed by atoms with van der Waals surface area (Å²) in [7, 11) is 0. The van der Waals surface area contributed by atoms with Gasteiger partial charge in [-0.2, -0.15) is 0 Å². The maximum atomic E-state index is 11.9. The van der Waals surface area contributed by atoms with Crippen molar-refractivity contribution in [1.29, 1.82) is 0 Å². The standard InChI is InChI=1S/C14H26N2OS/c1-2-6-12(13(15)18)14(17)16-10-5-9-11-7-3-4-8-11/h11-12H,2-10H2,1H3,(H2,15,18)(H,16,17). The number of thiocarbonyl (C=S) groups is 1. The van der Waals surface area contributed by atoms with Crippen LogP contribution >= 0.6 is 12.2 Å². The minimum absolute atomic E-state index is 0.00997. The van der Waals surface area contributed by atoms with E-state index in [1.54, 1.807) is 0 Å². The summed E-state index contributed by atoms with van der Waals surface area (Å²) >= 11 is 4.94. The molecule has 1 amide bonds. The molecule has 0 heterocycles. The topological polar surface area (TPSA) is 55.1 Å². The van der Waals surface area contributed by atoms with E-state index in [1.165, 1.54) is 32.1 Å². The highest BCUT2D eigenvalue weighted by Crippen LogP contribution is 2.28. The lowest BCUT2D eigenvalue weighted by atomic mass is 10.0. The Hall–Kier alpha value is -0.640. The van der Waals surface area contributed by atoms with Gasteiger partial charge in [0.05, 0.1) is 10.9 Å². The van der Waals surface area contributed by atoms with E-state index in [2.05, 4.69) is 5.32 Å². The average molecular weight is 270 g/mol. The van der Waals surface area contributed by atoms with E-state index in [9.17, 15) is 4.79 Å². The summed E-state index contributed by atoms with van der Waals surface area (Å²) in [6.07, 6.45) is 9.52. The molecule has 0 aromatic heterocycles. The highest BCUT2D eigenvalue weighted by Gasteiger charge is 2.20. The normalized spacial score (nSPS) is 17.6. The molecule has 0 saturated heterocycles. The van der Waals surface area contributed by atoms with Gasteiger partial charge in [0.25, 0.3) is 0 Å². The van der Waals surface area contributed by atoms with Crippen molar-refractivity contribution in [2.75, 3.05) is 6.54 Å². The third kappa shape index (κ3) is 5.34. The summed E-state index contributed by atoms with van der Waals surface area (Å²) in [5, 5.41) is 2.97. The van der Waals surface area contributed by atoms with Crippen LogP contribution in [0, 0.1) is 11.8 Å². The molecule has 0 aromatic rings. The van der Waals surface area contributed by atoms with Crippen molar-refractivity contribution in [2.24, 2.45) is 17.6 Å². The number of carbonyl (C=O) groups is 1. The number of amides is 1. The summed E-state index contributed by atoms with van der Waals surface area (Å²) < 4.78 is 0. The Bertz CT molecular complexity index is 275. The molecule has 1 aliphatic carbocycles. The highest BCUT2D eigenvalue weighted by molar-refractivity contribution is 7.80. The zero-order valence-electron chi connectivity index (χ0n) is 11.4. The Morgan fingerprint density at radius 3 is 2.67 bits per heavy atom. The third-order valence-corrected chi connectivity index (χ3v) is 4.08. The Balaban J connectivity index is 2.16. The molecule has 0 bridgehead atoms. The Labute approximate surface area is 116 Å². The van der Waals surface area contributed by atoms with Crippen LogP contribution in [-0.4, -0.2) is 17.4 Å². The van der Waals surface area contributed by atoms with Gasteiger partial charge in [-0.1, -0.05) is 51.2 Å². The smallest absolute Gasteiger partial charge is 0.229 e. The van der Waals surface area contributed by atoms with Crippen LogP contribution in [0.4, 0.5) is 0 Å². The van der Waals surface area contributed by atoms with Gasteiger partial charge in [-0.05, 0) is 25.2 Å². The van der Waals surface area contributed by atoms with Crippen LogP contribution in [0.5, 0.6) is 0 Å². The molecule has 3 N–H and O–H groups in total. The molecule has 1 saturated carbocycles. The number of nitrogens with one attached hydrogen (secondary N) is 1. The largest absolute Gasteiger partial charge is 0.393 e. The lowest BCUT2D eigenvalue weighted by Gasteiger charge is -2.15. The summed E-state index contributed by atoms with van der Waals surface area (Å²) in [6, 6.07) is 0. The van der Waals surface area contributed by atoms with Crippen LogP contribution in [-0.2, 0) is 4.79 Å². The van der Waals surface area contributed by atoms with Crippen LogP contribution in [0.1, 0.15) is 58.3 Å². The zero-order valence-corrected chi connectivity index (χ0v) is 12.2. The lowest BCUT2D eigenvalue weighted by Crippen LogP contribution is -2.38. The van der Waals surface area contributed by atoms with E-state index in [0.29, 0.717) is 4.99 Å². The van der Waals surface area contributed by atoms with Crippen molar-refractivity contribution in [1.82, 2.24) is 5.32 Å². The number of rotatable bonds is 8. The Kier molecular flexibility index (Phi) is 7.25. The van der Waals surface area contributed by atoms with Crippen LogP contribution in [0.3, 0.4) is 0 Å². The summed E-state index contributed by atoms with van der Waals surface area (Å²) in [4.78, 5) is 12.2. The Morgan fingerprint density at radius 2 is 2.11 bits per heavy atom. The molecule has 1 unspecified atom stereocenters. The number of hydrogen-bond acceptors (Lipinski definition) is 2. The second-order valence-corrected chi connectivity index (χ2v) is 5.80. The molecule has 0 aromatic carbocycles. The monoisotopic (exact) mass is 270 g/mol. The van der Waals surface area contributed by atoms with Crippen LogP contribution < -0.4 is 11.1 Å². The molecule has 18 heavy (non-hydrogen) atoms. The molecule has 0 spiro atoms. The summed E-state index contributed by atoms with van der Waals surface area (Å²) in [5.74, 6) is 0.621. The van der Waals surface area contributed by atoms with E-state index >= 15 is 0 Å². The molecule has 3 nitrogen and oxygen atoms in total. The minimum Gasteiger partial charge on any atom is -0.393 e. The molecule has 4 heteroatoms. The molecule has 1 atom stereocenters. The SMILES string of the molecule is CCCC(C(=O)NCCCC1CCCC1)C(N)=S. The van der Waals surface area contributed by atoms with Crippen molar-refractivity contribution in [3.05, 3.63) is 0 Å². The van der Waals surface area contributed by atoms with Gasteiger partial charge in [0, 0.05) is 6.54 Å². The van der Waals surface area contributed by atoms with E-state index in [4.69, 9.17) is 18.0 Å². The molecule has 1 aliphatic rings. The van der Waals surface area contributed by atoms with Crippen molar-refractivity contribution in [2.45, 2.75) is 58.3 Å². The first-order chi connectivity index (χ1) is 8.65. The maximum Gasteiger partial charge on any atom is 0.229 e. The van der Waals surface area contributed by atoms with Gasteiger partial charge >= 0.3 is 0 Å². The van der Waals surface area contributed by atoms with Crippen molar-refractivity contribution in [3.63, 3.8) is 0 Å². The molecule has 0 aliphatic heterocycles. The van der Waals surface area contributed by atoms with Crippen molar-refractivity contribution < 1.29 is 4.79 Å². The van der Waals surface area contributed by atoms with Gasteiger partial charge in [-0.15, -0.1) is 0 Å². The predicted molar refractivity (Wildman–Crippen MR) is 79.4 cm³/mol. The van der Waals surface area contributed by atoms with Gasteiger partial charge in [0.15, 0.2) is 0 Å². The minimum atomic E-state index is -0.281. The Morgan fingerprint density at radius 1 is 1.44 bits per heavy atom. The number of nitrogens with two attached hydrogens (primary N) is 1. The molecule has 1 fully saturated rings. The first-order valence-electron chi connectivity index (χ1n) is 7.22. The second kappa shape index (κ2) is 8.46. The second-order valence-electron chi connectivity index (χ2n) is 5.33. The quantitative estimate of drug-likeness (QED) is 0.527. The first kappa shape index (κ1) is 15.4. The van der Waals surface area contributed by atoms with Gasteiger partial charge in [-0.3, -0.25) is 4.79 Å². The lowest BCUT2D eigenvalue weighted by molar-refractivity contribution is -0.123. The highest BCUT2D eigenvalue weighted by atomic mass is 32.1. The molecule has 0 radical (unpaired) electrons. The van der Waals surface area contributed by atoms with Gasteiger partial charge in [-0.25, -0.2) is 0 Å². The fraction of sp³-hybridized carbons (Fsp3) is 0.857. The fourth-order valence-electron chi connectivity index (χ4n) is 2.72. The van der Waals surface area contributed by atoms with E-state index in [-0.39, 0.29) is 11.8 Å². The van der Waals surface area contributed by atoms with Gasteiger partial charge in [0.1, 0.15) is 0 Å². The van der Waals surface area contributed by atoms with E-state index < -0.39 is 0 Å². The van der Waals surface area contributed by atoms with E-state index in [1.807, 2.05) is 6.92 Å². The summed E-state index contributed by atoms with van der Waals surface area (Å²) in [5.41, 5.74) is 5.60. The van der Waals surface area contributed by atoms with Gasteiger partial charge in [0.2, 0.25) is 5.91 Å². The van der Waals surface area contributed by atoms with Gasteiger partial charge < -0.3 is 11.1 Å². The average Bonchev–Trinajstić information content (AvgIpc) is 2.84. The third-order valence-electron chi connectivity index (χ3n) is 3.80.